The van der Waals surface area contributed by atoms with Crippen LogP contribution < -0.4 is 24.3 Å². The number of nitrogens with one attached hydrogen (secondary N) is 1. The Bertz CT molecular complexity index is 1300. The second-order valence-electron chi connectivity index (χ2n) is 7.98. The van der Waals surface area contributed by atoms with Crippen molar-refractivity contribution in [3.8, 4) is 23.0 Å². The largest absolute Gasteiger partial charge is 0.497 e. The first-order valence-electron chi connectivity index (χ1n) is 11.3. The third kappa shape index (κ3) is 7.21. The summed E-state index contributed by atoms with van der Waals surface area (Å²) in [5.41, 5.74) is 1.06. The van der Waals surface area contributed by atoms with Gasteiger partial charge in [-0.25, -0.2) is 8.42 Å². The number of methoxy groups -OCH3 is 3. The van der Waals surface area contributed by atoms with Gasteiger partial charge in [-0.05, 0) is 67.1 Å². The molecular weight excluding hydrogens is 541 g/mol. The SMILES string of the molecule is COc1ccc(S(=O)(=O)c2ccc(OCC(O)CNCCc3ccc(OC)c(OC)c3)c(Cl)c2Cl)cc1. The van der Waals surface area contributed by atoms with Gasteiger partial charge in [0.2, 0.25) is 9.84 Å². The average Bonchev–Trinajstić information content (AvgIpc) is 2.91. The molecule has 1 unspecified atom stereocenters. The van der Waals surface area contributed by atoms with E-state index in [1.54, 1.807) is 26.4 Å². The number of ether oxygens (including phenoxy) is 4. The van der Waals surface area contributed by atoms with Crippen LogP contribution in [0.5, 0.6) is 23.0 Å². The zero-order valence-electron chi connectivity index (χ0n) is 20.7. The maximum absolute atomic E-state index is 13.0. The van der Waals surface area contributed by atoms with Gasteiger partial charge in [0.05, 0.1) is 36.1 Å². The first-order chi connectivity index (χ1) is 17.7. The van der Waals surface area contributed by atoms with Crippen molar-refractivity contribution in [1.29, 1.82) is 0 Å². The van der Waals surface area contributed by atoms with Crippen LogP contribution in [0.2, 0.25) is 10.0 Å². The van der Waals surface area contributed by atoms with Crippen LogP contribution in [0.1, 0.15) is 5.56 Å². The summed E-state index contributed by atoms with van der Waals surface area (Å²) in [4.78, 5) is -0.0939. The van der Waals surface area contributed by atoms with Gasteiger partial charge in [-0.15, -0.1) is 0 Å². The maximum atomic E-state index is 13.0. The van der Waals surface area contributed by atoms with E-state index in [9.17, 15) is 13.5 Å². The Morgan fingerprint density at radius 2 is 1.54 bits per heavy atom. The lowest BCUT2D eigenvalue weighted by Gasteiger charge is -2.16. The van der Waals surface area contributed by atoms with Gasteiger partial charge in [0.15, 0.2) is 11.5 Å². The van der Waals surface area contributed by atoms with E-state index >= 15 is 0 Å². The Hall–Kier alpha value is -2.69. The molecular formula is C26H29Cl2NO7S. The summed E-state index contributed by atoms with van der Waals surface area (Å²) in [6, 6.07) is 14.4. The standard InChI is InChI=1S/C26H29Cl2NO7S/c1-33-19-5-7-20(8-6-19)37(31,32)24-11-10-22(25(27)26(24)28)36-16-18(30)15-29-13-12-17-4-9-21(34-2)23(14-17)35-3/h4-11,14,18,29-30H,12-13,15-16H2,1-3H3. The highest BCUT2D eigenvalue weighted by atomic mass is 35.5. The zero-order chi connectivity index (χ0) is 27.0. The fraction of sp³-hybridized carbons (Fsp3) is 0.308. The molecule has 0 bridgehead atoms. The molecule has 0 aliphatic heterocycles. The van der Waals surface area contributed by atoms with E-state index < -0.39 is 15.9 Å². The summed E-state index contributed by atoms with van der Waals surface area (Å²) in [6.45, 7) is 0.837. The molecule has 8 nitrogen and oxygen atoms in total. The van der Waals surface area contributed by atoms with Gasteiger partial charge in [-0.3, -0.25) is 0 Å². The predicted molar refractivity (Wildman–Crippen MR) is 143 cm³/mol. The summed E-state index contributed by atoms with van der Waals surface area (Å²) in [5, 5.41) is 13.2. The van der Waals surface area contributed by atoms with Gasteiger partial charge in [-0.1, -0.05) is 29.3 Å². The van der Waals surface area contributed by atoms with E-state index in [4.69, 9.17) is 42.1 Å². The lowest BCUT2D eigenvalue weighted by atomic mass is 10.1. The van der Waals surface area contributed by atoms with Crippen LogP contribution in [-0.4, -0.2) is 60.7 Å². The Kier molecular flexibility index (Phi) is 10.3. The van der Waals surface area contributed by atoms with Crippen LogP contribution >= 0.6 is 23.2 Å². The van der Waals surface area contributed by atoms with Crippen LogP contribution in [0.15, 0.2) is 64.4 Å². The molecule has 0 aliphatic carbocycles. The molecule has 200 valence electrons. The first kappa shape index (κ1) is 28.9. The summed E-state index contributed by atoms with van der Waals surface area (Å²) in [7, 11) is 0.751. The van der Waals surface area contributed by atoms with E-state index in [0.29, 0.717) is 23.8 Å². The second kappa shape index (κ2) is 13.2. The molecule has 0 heterocycles. The van der Waals surface area contributed by atoms with Crippen molar-refractivity contribution in [3.05, 3.63) is 70.2 Å². The molecule has 0 saturated carbocycles. The molecule has 3 rings (SSSR count). The number of aliphatic hydroxyl groups excluding tert-OH is 1. The Morgan fingerprint density at radius 3 is 2.19 bits per heavy atom. The van der Waals surface area contributed by atoms with Crippen molar-refractivity contribution in [2.45, 2.75) is 22.3 Å². The quantitative estimate of drug-likeness (QED) is 0.291. The Balaban J connectivity index is 1.54. The van der Waals surface area contributed by atoms with Crippen LogP contribution in [0.25, 0.3) is 0 Å². The zero-order valence-corrected chi connectivity index (χ0v) is 23.0. The predicted octanol–water partition coefficient (Wildman–Crippen LogP) is 4.42. The maximum Gasteiger partial charge on any atom is 0.208 e. The van der Waals surface area contributed by atoms with Crippen LogP contribution in [0, 0.1) is 0 Å². The van der Waals surface area contributed by atoms with Crippen molar-refractivity contribution in [1.82, 2.24) is 5.32 Å². The van der Waals surface area contributed by atoms with E-state index in [2.05, 4.69) is 5.32 Å². The average molecular weight is 570 g/mol. The highest BCUT2D eigenvalue weighted by molar-refractivity contribution is 7.91. The number of rotatable bonds is 13. The molecule has 0 saturated heterocycles. The minimum absolute atomic E-state index is 0.0505. The van der Waals surface area contributed by atoms with Crippen molar-refractivity contribution >= 4 is 33.0 Å². The van der Waals surface area contributed by atoms with E-state index in [0.717, 1.165) is 12.0 Å². The number of aliphatic hydroxyl groups is 1. The van der Waals surface area contributed by atoms with Gasteiger partial charge in [-0.2, -0.15) is 0 Å². The Labute approximate surface area is 226 Å². The normalized spacial score (nSPS) is 12.2. The molecule has 11 heteroatoms. The molecule has 0 amide bonds. The first-order valence-corrected chi connectivity index (χ1v) is 13.5. The van der Waals surface area contributed by atoms with Gasteiger partial charge in [0, 0.05) is 6.54 Å². The smallest absolute Gasteiger partial charge is 0.208 e. The molecule has 0 fully saturated rings. The van der Waals surface area contributed by atoms with Crippen molar-refractivity contribution in [2.75, 3.05) is 41.0 Å². The van der Waals surface area contributed by atoms with E-state index in [1.165, 1.54) is 31.4 Å². The molecule has 1 atom stereocenters. The van der Waals surface area contributed by atoms with Gasteiger partial charge in [0.1, 0.15) is 29.2 Å². The second-order valence-corrected chi connectivity index (χ2v) is 10.7. The van der Waals surface area contributed by atoms with Crippen LogP contribution in [-0.2, 0) is 16.3 Å². The highest BCUT2D eigenvalue weighted by Crippen LogP contribution is 2.39. The van der Waals surface area contributed by atoms with Crippen molar-refractivity contribution < 1.29 is 32.5 Å². The minimum Gasteiger partial charge on any atom is -0.497 e. The summed E-state index contributed by atoms with van der Waals surface area (Å²) < 4.78 is 47.3. The lowest BCUT2D eigenvalue weighted by Crippen LogP contribution is -2.32. The van der Waals surface area contributed by atoms with Crippen LogP contribution in [0.3, 0.4) is 0 Å². The van der Waals surface area contributed by atoms with Crippen molar-refractivity contribution in [2.24, 2.45) is 0 Å². The molecule has 37 heavy (non-hydrogen) atoms. The molecule has 0 spiro atoms. The fourth-order valence-corrected chi connectivity index (χ4v) is 5.57. The molecule has 0 aromatic heterocycles. The lowest BCUT2D eigenvalue weighted by molar-refractivity contribution is 0.106. The fourth-order valence-electron chi connectivity index (χ4n) is 3.50. The van der Waals surface area contributed by atoms with Gasteiger partial charge < -0.3 is 29.4 Å². The number of hydrogen-bond donors (Lipinski definition) is 2. The molecule has 0 radical (unpaired) electrons. The highest BCUT2D eigenvalue weighted by Gasteiger charge is 2.24. The summed E-state index contributed by atoms with van der Waals surface area (Å²) in [6.07, 6.45) is -0.109. The number of benzene rings is 3. The topological polar surface area (TPSA) is 103 Å². The molecule has 2 N–H and O–H groups in total. The summed E-state index contributed by atoms with van der Waals surface area (Å²) >= 11 is 12.6. The monoisotopic (exact) mass is 569 g/mol. The molecule has 3 aromatic rings. The van der Waals surface area contributed by atoms with Crippen LogP contribution in [0.4, 0.5) is 0 Å². The van der Waals surface area contributed by atoms with E-state index in [1.807, 2.05) is 18.2 Å². The molecule has 3 aromatic carbocycles. The molecule has 0 aliphatic rings. The third-order valence-electron chi connectivity index (χ3n) is 5.52. The number of halogens is 2. The number of hydrogen-bond acceptors (Lipinski definition) is 8. The van der Waals surface area contributed by atoms with Gasteiger partial charge >= 0.3 is 0 Å². The Morgan fingerprint density at radius 1 is 0.865 bits per heavy atom. The number of sulfone groups is 1. The van der Waals surface area contributed by atoms with E-state index in [-0.39, 0.29) is 38.7 Å². The summed E-state index contributed by atoms with van der Waals surface area (Å²) in [5.74, 6) is 2.02. The van der Waals surface area contributed by atoms with Crippen molar-refractivity contribution in [3.63, 3.8) is 0 Å². The minimum atomic E-state index is -3.91. The van der Waals surface area contributed by atoms with Gasteiger partial charge in [0.25, 0.3) is 0 Å². The third-order valence-corrected chi connectivity index (χ3v) is 8.31.